The van der Waals surface area contributed by atoms with Crippen molar-refractivity contribution in [1.82, 2.24) is 4.90 Å². The number of piperidine rings is 1. The average molecular weight is 157 g/mol. The summed E-state index contributed by atoms with van der Waals surface area (Å²) in [6.07, 6.45) is 5.61. The minimum absolute atomic E-state index is 0.514. The quantitative estimate of drug-likeness (QED) is 0.503. The van der Waals surface area contributed by atoms with Crippen LogP contribution in [0.25, 0.3) is 0 Å². The van der Waals surface area contributed by atoms with Crippen molar-refractivity contribution in [3.05, 3.63) is 0 Å². The summed E-state index contributed by atoms with van der Waals surface area (Å²) >= 11 is 0. The van der Waals surface area contributed by atoms with Gasteiger partial charge in [0.1, 0.15) is 0 Å². The number of likely N-dealkylation sites (tertiary alicyclic amines) is 1. The van der Waals surface area contributed by atoms with E-state index in [0.29, 0.717) is 5.54 Å². The maximum atomic E-state index is 2.64. The molecule has 0 amide bonds. The fourth-order valence-electron chi connectivity index (χ4n) is 1.91. The Morgan fingerprint density at radius 2 is 2.10 bits per heavy atom. The van der Waals surface area contributed by atoms with Crippen LogP contribution in [0.3, 0.4) is 0 Å². The van der Waals surface area contributed by atoms with Gasteiger partial charge in [0.15, 0.2) is 0 Å². The van der Waals surface area contributed by atoms with Gasteiger partial charge in [0.25, 0.3) is 0 Å². The summed E-state index contributed by atoms with van der Waals surface area (Å²) in [6.45, 7) is 6.10. The summed E-state index contributed by atoms with van der Waals surface area (Å²) in [7, 11) is 1.33. The van der Waals surface area contributed by atoms with Crippen LogP contribution in [0.15, 0.2) is 0 Å². The highest BCUT2D eigenvalue weighted by molar-refractivity contribution is 6.08. The molecule has 0 unspecified atom stereocenters. The molecule has 0 atom stereocenters. The van der Waals surface area contributed by atoms with Crippen molar-refractivity contribution in [2.45, 2.75) is 38.6 Å². The normalized spacial score (nSPS) is 27.0. The van der Waals surface area contributed by atoms with Gasteiger partial charge in [-0.2, -0.15) is 0 Å². The highest BCUT2D eigenvalue weighted by Gasteiger charge is 2.27. The Balaban J connectivity index is 2.51. The summed E-state index contributed by atoms with van der Waals surface area (Å²) in [5.41, 5.74) is 0.514. The van der Waals surface area contributed by atoms with Crippen molar-refractivity contribution in [3.63, 3.8) is 0 Å². The van der Waals surface area contributed by atoms with E-state index in [1.54, 1.807) is 0 Å². The van der Waals surface area contributed by atoms with Crippen LogP contribution in [-0.4, -0.2) is 33.4 Å². The topological polar surface area (TPSA) is 3.24 Å². The molecule has 0 aromatic carbocycles. The van der Waals surface area contributed by atoms with Crippen molar-refractivity contribution in [2.24, 2.45) is 0 Å². The van der Waals surface area contributed by atoms with Crippen LogP contribution in [0.5, 0.6) is 0 Å². The maximum Gasteiger partial charge on any atom is 0.0205 e. The van der Waals surface area contributed by atoms with Gasteiger partial charge in [-0.15, -0.1) is 0 Å². The van der Waals surface area contributed by atoms with Crippen LogP contribution in [0.1, 0.15) is 33.1 Å². The zero-order valence-corrected chi connectivity index (χ0v) is 9.48. The predicted octanol–water partition coefficient (Wildman–Crippen LogP) is 0.574. The van der Waals surface area contributed by atoms with E-state index in [9.17, 15) is 0 Å². The van der Waals surface area contributed by atoms with Gasteiger partial charge in [-0.25, -0.2) is 0 Å². The molecule has 0 radical (unpaired) electrons. The van der Waals surface area contributed by atoms with Gasteiger partial charge in [0.05, 0.1) is 0 Å². The Kier molecular flexibility index (Phi) is 2.53. The molecule has 0 N–H and O–H groups in total. The van der Waals surface area contributed by atoms with E-state index in [-0.39, 0.29) is 0 Å². The van der Waals surface area contributed by atoms with Crippen LogP contribution in [0, 0.1) is 0 Å². The largest absolute Gasteiger partial charge is 0.302 e. The van der Waals surface area contributed by atoms with Gasteiger partial charge in [0, 0.05) is 15.8 Å². The number of hydrogen-bond donors (Lipinski definition) is 0. The Morgan fingerprint density at radius 1 is 1.40 bits per heavy atom. The predicted molar refractivity (Wildman–Crippen MR) is 49.4 cm³/mol. The molecule has 1 aliphatic heterocycles. The Labute approximate surface area is 67.2 Å². The molecule has 0 aromatic heterocycles. The first kappa shape index (κ1) is 8.28. The second kappa shape index (κ2) is 3.05. The van der Waals surface area contributed by atoms with Gasteiger partial charge in [-0.05, 0) is 39.4 Å². The van der Waals surface area contributed by atoms with E-state index in [1.807, 2.05) is 0 Å². The fraction of sp³-hybridized carbons (Fsp3) is 1.00. The lowest BCUT2D eigenvalue weighted by Gasteiger charge is -2.42. The molecular formula is C8H19NSi. The van der Waals surface area contributed by atoms with Crippen molar-refractivity contribution in [3.8, 4) is 0 Å². The van der Waals surface area contributed by atoms with Crippen LogP contribution in [-0.2, 0) is 0 Å². The third-order valence-electron chi connectivity index (χ3n) is 2.70. The number of rotatable bonds is 1. The summed E-state index contributed by atoms with van der Waals surface area (Å²) in [5.74, 6) is 0. The summed E-state index contributed by atoms with van der Waals surface area (Å²) in [4.78, 5) is 2.64. The first-order valence-corrected chi connectivity index (χ1v) is 5.83. The number of hydrogen-bond acceptors (Lipinski definition) is 1. The third kappa shape index (κ3) is 1.61. The lowest BCUT2D eigenvalue weighted by atomic mass is 9.91. The smallest absolute Gasteiger partial charge is 0.0205 e. The van der Waals surface area contributed by atoms with Crippen LogP contribution in [0.2, 0.25) is 0 Å². The van der Waals surface area contributed by atoms with Gasteiger partial charge in [-0.3, -0.25) is 0 Å². The van der Waals surface area contributed by atoms with E-state index in [2.05, 4.69) is 18.7 Å². The first-order chi connectivity index (χ1) is 4.67. The molecule has 60 valence electrons. The van der Waals surface area contributed by atoms with E-state index < -0.39 is 0 Å². The Hall–Kier alpha value is 0.177. The van der Waals surface area contributed by atoms with Gasteiger partial charge in [-0.1, -0.05) is 6.42 Å². The highest BCUT2D eigenvalue weighted by Crippen LogP contribution is 2.25. The van der Waals surface area contributed by atoms with E-state index in [1.165, 1.54) is 42.2 Å². The first-order valence-electron chi connectivity index (χ1n) is 4.42. The maximum absolute atomic E-state index is 2.64. The van der Waals surface area contributed by atoms with E-state index in [4.69, 9.17) is 0 Å². The van der Waals surface area contributed by atoms with Crippen LogP contribution in [0.4, 0.5) is 0 Å². The van der Waals surface area contributed by atoms with Crippen molar-refractivity contribution < 1.29 is 0 Å². The zero-order valence-electron chi connectivity index (χ0n) is 7.48. The SMILES string of the molecule is CC1(C)CCCCN1C[SiH3]. The highest BCUT2D eigenvalue weighted by atomic mass is 28.1. The standard InChI is InChI=1S/C8H19NSi/c1-8(2)5-3-4-6-9(8)7-10/h3-7H2,1-2,10H3. The van der Waals surface area contributed by atoms with Crippen LogP contribution < -0.4 is 0 Å². The summed E-state index contributed by atoms with van der Waals surface area (Å²) < 4.78 is 0. The van der Waals surface area contributed by atoms with E-state index in [0.717, 1.165) is 0 Å². The lowest BCUT2D eigenvalue weighted by Crippen LogP contribution is -2.47. The average Bonchev–Trinajstić information content (AvgIpc) is 1.87. The second-order valence-electron chi connectivity index (χ2n) is 3.85. The van der Waals surface area contributed by atoms with Gasteiger partial charge >= 0.3 is 0 Å². The van der Waals surface area contributed by atoms with Gasteiger partial charge < -0.3 is 4.90 Å². The second-order valence-corrected chi connectivity index (χ2v) is 4.48. The van der Waals surface area contributed by atoms with Crippen molar-refractivity contribution in [2.75, 3.05) is 12.7 Å². The van der Waals surface area contributed by atoms with Crippen molar-refractivity contribution in [1.29, 1.82) is 0 Å². The molecule has 1 saturated heterocycles. The molecule has 10 heavy (non-hydrogen) atoms. The molecule has 0 aromatic rings. The van der Waals surface area contributed by atoms with Gasteiger partial charge in [0.2, 0.25) is 0 Å². The Bertz CT molecular complexity index is 112. The van der Waals surface area contributed by atoms with Crippen molar-refractivity contribution >= 4 is 10.2 Å². The molecular weight excluding hydrogens is 138 g/mol. The molecule has 0 bridgehead atoms. The molecule has 1 rings (SSSR count). The minimum Gasteiger partial charge on any atom is -0.302 e. The summed E-state index contributed by atoms with van der Waals surface area (Å²) in [6, 6.07) is 0. The third-order valence-corrected chi connectivity index (χ3v) is 3.47. The number of nitrogens with zero attached hydrogens (tertiary/aromatic N) is 1. The monoisotopic (exact) mass is 157 g/mol. The summed E-state index contributed by atoms with van der Waals surface area (Å²) in [5, 5.41) is 0. The molecule has 0 spiro atoms. The van der Waals surface area contributed by atoms with Crippen LogP contribution >= 0.6 is 0 Å². The molecule has 0 aliphatic carbocycles. The molecule has 1 aliphatic rings. The molecule has 0 saturated carbocycles. The Morgan fingerprint density at radius 3 is 2.50 bits per heavy atom. The lowest BCUT2D eigenvalue weighted by molar-refractivity contribution is 0.0983. The molecule has 1 fully saturated rings. The van der Waals surface area contributed by atoms with E-state index >= 15 is 0 Å². The molecule has 2 heteroatoms. The minimum atomic E-state index is 0.514. The molecule has 1 nitrogen and oxygen atoms in total. The molecule has 1 heterocycles. The fourth-order valence-corrected chi connectivity index (χ4v) is 3.08. The zero-order chi connectivity index (χ0) is 7.61.